The number of aryl methyl sites for hydroxylation is 3. The number of benzene rings is 1. The Labute approximate surface area is 105 Å². The monoisotopic (exact) mass is 230 g/mol. The van der Waals surface area contributed by atoms with Crippen LogP contribution in [0.1, 0.15) is 35.6 Å². The summed E-state index contributed by atoms with van der Waals surface area (Å²) in [5.41, 5.74) is 5.45. The molecule has 1 aromatic rings. The molecule has 0 aliphatic rings. The van der Waals surface area contributed by atoms with Crippen molar-refractivity contribution in [2.24, 2.45) is 0 Å². The molecule has 2 heteroatoms. The summed E-state index contributed by atoms with van der Waals surface area (Å²) < 4.78 is 0. The second-order valence-corrected chi connectivity index (χ2v) is 4.65. The fourth-order valence-electron chi connectivity index (χ4n) is 2.24. The Kier molecular flexibility index (Phi) is 5.18. The lowest BCUT2D eigenvalue weighted by molar-refractivity contribution is 0.285. The van der Waals surface area contributed by atoms with Gasteiger partial charge in [0.1, 0.15) is 0 Å². The first-order valence-electron chi connectivity index (χ1n) is 6.24. The van der Waals surface area contributed by atoms with Gasteiger partial charge in [0.15, 0.2) is 0 Å². The highest BCUT2D eigenvalue weighted by Crippen LogP contribution is 2.18. The van der Waals surface area contributed by atoms with E-state index in [0.29, 0.717) is 6.42 Å². The number of rotatable bonds is 5. The van der Waals surface area contributed by atoms with Crippen LogP contribution in [0.3, 0.4) is 0 Å². The van der Waals surface area contributed by atoms with E-state index < -0.39 is 0 Å². The summed E-state index contributed by atoms with van der Waals surface area (Å²) in [7, 11) is 0. The van der Waals surface area contributed by atoms with Crippen molar-refractivity contribution in [3.05, 3.63) is 34.4 Å². The van der Waals surface area contributed by atoms with E-state index in [0.717, 1.165) is 19.6 Å². The molecular weight excluding hydrogens is 208 g/mol. The summed E-state index contributed by atoms with van der Waals surface area (Å²) in [5, 5.41) is 8.65. The Morgan fingerprint density at radius 2 is 1.76 bits per heavy atom. The Hall–Kier alpha value is -1.33. The Bertz CT molecular complexity index is 392. The van der Waals surface area contributed by atoms with E-state index in [2.05, 4.69) is 50.8 Å². The number of hydrogen-bond donors (Lipinski definition) is 0. The first-order valence-corrected chi connectivity index (χ1v) is 6.24. The van der Waals surface area contributed by atoms with Gasteiger partial charge in [0.05, 0.1) is 6.07 Å². The van der Waals surface area contributed by atoms with Gasteiger partial charge in [-0.1, -0.05) is 24.6 Å². The first kappa shape index (κ1) is 13.7. The van der Waals surface area contributed by atoms with Crippen molar-refractivity contribution in [2.75, 3.05) is 13.1 Å². The van der Waals surface area contributed by atoms with E-state index in [4.69, 9.17) is 5.26 Å². The van der Waals surface area contributed by atoms with Gasteiger partial charge in [-0.25, -0.2) is 0 Å². The maximum atomic E-state index is 8.65. The first-order chi connectivity index (χ1) is 8.08. The molecule has 0 atom stereocenters. The SMILES string of the molecule is CCN(CCC#N)Cc1c(C)cc(C)cc1C. The van der Waals surface area contributed by atoms with Crippen LogP contribution in [-0.4, -0.2) is 18.0 Å². The third-order valence-electron chi connectivity index (χ3n) is 3.21. The van der Waals surface area contributed by atoms with Gasteiger partial charge in [0.25, 0.3) is 0 Å². The molecule has 0 saturated carbocycles. The fourth-order valence-corrected chi connectivity index (χ4v) is 2.24. The van der Waals surface area contributed by atoms with Crippen LogP contribution in [0.15, 0.2) is 12.1 Å². The Balaban J connectivity index is 2.83. The lowest BCUT2D eigenvalue weighted by atomic mass is 9.99. The van der Waals surface area contributed by atoms with Crippen LogP contribution in [-0.2, 0) is 6.54 Å². The molecule has 0 N–H and O–H groups in total. The average Bonchev–Trinajstić information content (AvgIpc) is 2.27. The van der Waals surface area contributed by atoms with E-state index in [-0.39, 0.29) is 0 Å². The van der Waals surface area contributed by atoms with E-state index in [1.54, 1.807) is 0 Å². The van der Waals surface area contributed by atoms with Crippen molar-refractivity contribution in [2.45, 2.75) is 40.7 Å². The highest BCUT2D eigenvalue weighted by atomic mass is 15.1. The van der Waals surface area contributed by atoms with Gasteiger partial charge in [-0.15, -0.1) is 0 Å². The van der Waals surface area contributed by atoms with E-state index in [1.165, 1.54) is 22.3 Å². The molecule has 0 bridgehead atoms. The minimum Gasteiger partial charge on any atom is -0.298 e. The molecule has 0 spiro atoms. The van der Waals surface area contributed by atoms with Crippen molar-refractivity contribution >= 4 is 0 Å². The molecule has 0 aliphatic carbocycles. The molecule has 17 heavy (non-hydrogen) atoms. The van der Waals surface area contributed by atoms with Gasteiger partial charge in [0, 0.05) is 19.5 Å². The molecule has 1 aromatic carbocycles. The van der Waals surface area contributed by atoms with Crippen LogP contribution < -0.4 is 0 Å². The molecule has 0 aliphatic heterocycles. The molecule has 1 rings (SSSR count). The van der Waals surface area contributed by atoms with Crippen molar-refractivity contribution in [1.82, 2.24) is 4.90 Å². The molecule has 92 valence electrons. The highest BCUT2D eigenvalue weighted by Gasteiger charge is 2.08. The van der Waals surface area contributed by atoms with Crippen LogP contribution in [0.4, 0.5) is 0 Å². The van der Waals surface area contributed by atoms with Crippen LogP contribution in [0.2, 0.25) is 0 Å². The predicted molar refractivity (Wildman–Crippen MR) is 71.8 cm³/mol. The molecular formula is C15H22N2. The third kappa shape index (κ3) is 3.87. The Morgan fingerprint density at radius 3 is 2.24 bits per heavy atom. The van der Waals surface area contributed by atoms with Crippen molar-refractivity contribution in [3.8, 4) is 6.07 Å². The van der Waals surface area contributed by atoms with Crippen molar-refractivity contribution in [3.63, 3.8) is 0 Å². The van der Waals surface area contributed by atoms with Crippen LogP contribution in [0, 0.1) is 32.1 Å². The summed E-state index contributed by atoms with van der Waals surface area (Å²) in [4.78, 5) is 2.33. The Morgan fingerprint density at radius 1 is 1.18 bits per heavy atom. The topological polar surface area (TPSA) is 27.0 Å². The van der Waals surface area contributed by atoms with E-state index >= 15 is 0 Å². The highest BCUT2D eigenvalue weighted by molar-refractivity contribution is 5.37. The van der Waals surface area contributed by atoms with Crippen LogP contribution >= 0.6 is 0 Å². The van der Waals surface area contributed by atoms with Gasteiger partial charge < -0.3 is 0 Å². The lowest BCUT2D eigenvalue weighted by Crippen LogP contribution is -2.24. The summed E-state index contributed by atoms with van der Waals surface area (Å²) in [6.45, 7) is 11.4. The molecule has 0 saturated heterocycles. The lowest BCUT2D eigenvalue weighted by Gasteiger charge is -2.22. The molecule has 0 unspecified atom stereocenters. The molecule has 0 radical (unpaired) electrons. The standard InChI is InChI=1S/C15H22N2/c1-5-17(8-6-7-16)11-15-13(3)9-12(2)10-14(15)4/h9-10H,5-6,8,11H2,1-4H3. The zero-order valence-electron chi connectivity index (χ0n) is 11.4. The fraction of sp³-hybridized carbons (Fsp3) is 0.533. The summed E-state index contributed by atoms with van der Waals surface area (Å²) in [6.07, 6.45) is 0.609. The summed E-state index contributed by atoms with van der Waals surface area (Å²) in [5.74, 6) is 0. The molecule has 0 fully saturated rings. The second-order valence-electron chi connectivity index (χ2n) is 4.65. The van der Waals surface area contributed by atoms with Gasteiger partial charge in [0.2, 0.25) is 0 Å². The van der Waals surface area contributed by atoms with Crippen LogP contribution in [0.5, 0.6) is 0 Å². The zero-order valence-corrected chi connectivity index (χ0v) is 11.4. The van der Waals surface area contributed by atoms with Gasteiger partial charge >= 0.3 is 0 Å². The quantitative estimate of drug-likeness (QED) is 0.775. The van der Waals surface area contributed by atoms with E-state index in [9.17, 15) is 0 Å². The minimum absolute atomic E-state index is 0.609. The number of nitrogens with zero attached hydrogens (tertiary/aromatic N) is 2. The predicted octanol–water partition coefficient (Wildman–Crippen LogP) is 3.35. The zero-order chi connectivity index (χ0) is 12.8. The van der Waals surface area contributed by atoms with Gasteiger partial charge in [-0.3, -0.25) is 4.90 Å². The molecule has 2 nitrogen and oxygen atoms in total. The maximum Gasteiger partial charge on any atom is 0.0635 e. The van der Waals surface area contributed by atoms with Gasteiger partial charge in [-0.2, -0.15) is 5.26 Å². The van der Waals surface area contributed by atoms with E-state index in [1.807, 2.05) is 0 Å². The number of nitriles is 1. The molecule has 0 heterocycles. The van der Waals surface area contributed by atoms with Crippen molar-refractivity contribution < 1.29 is 0 Å². The van der Waals surface area contributed by atoms with Crippen LogP contribution in [0.25, 0.3) is 0 Å². The molecule has 0 aromatic heterocycles. The number of hydrogen-bond acceptors (Lipinski definition) is 2. The molecule has 0 amide bonds. The third-order valence-corrected chi connectivity index (χ3v) is 3.21. The summed E-state index contributed by atoms with van der Waals surface area (Å²) in [6, 6.07) is 6.69. The maximum absolute atomic E-state index is 8.65. The van der Waals surface area contributed by atoms with Gasteiger partial charge in [-0.05, 0) is 44.0 Å². The average molecular weight is 230 g/mol. The largest absolute Gasteiger partial charge is 0.298 e. The normalized spacial score (nSPS) is 10.6. The minimum atomic E-state index is 0.609. The summed E-state index contributed by atoms with van der Waals surface area (Å²) >= 11 is 0. The van der Waals surface area contributed by atoms with Crippen molar-refractivity contribution in [1.29, 1.82) is 5.26 Å². The smallest absolute Gasteiger partial charge is 0.0635 e. The second kappa shape index (κ2) is 6.42.